The van der Waals surface area contributed by atoms with Gasteiger partial charge in [-0.1, -0.05) is 32.0 Å². The SMILES string of the molecule is CCC(C)c1cc(Oc2c(C)cc(C(C(=O)O)N(CC(=O)O)c3ccccc3)cc2C)ccc1O. The maximum Gasteiger partial charge on any atom is 0.331 e. The number of aryl methyl sites for hydroxylation is 2. The summed E-state index contributed by atoms with van der Waals surface area (Å²) in [7, 11) is 0. The van der Waals surface area contributed by atoms with E-state index in [9.17, 15) is 24.9 Å². The first-order chi connectivity index (χ1) is 16.6. The number of hydrogen-bond donors (Lipinski definition) is 3. The third kappa shape index (κ3) is 5.93. The Bertz CT molecular complexity index is 1180. The monoisotopic (exact) mass is 477 g/mol. The van der Waals surface area contributed by atoms with Crippen LogP contribution in [0.5, 0.6) is 17.2 Å². The predicted molar refractivity (Wildman–Crippen MR) is 135 cm³/mol. The Labute approximate surface area is 205 Å². The molecule has 184 valence electrons. The Hall–Kier alpha value is -4.00. The van der Waals surface area contributed by atoms with Crippen molar-refractivity contribution < 1.29 is 29.6 Å². The molecule has 3 rings (SSSR count). The van der Waals surface area contributed by atoms with Gasteiger partial charge in [-0.25, -0.2) is 4.79 Å². The molecule has 35 heavy (non-hydrogen) atoms. The fraction of sp³-hybridized carbons (Fsp3) is 0.286. The minimum Gasteiger partial charge on any atom is -0.508 e. The zero-order valence-corrected chi connectivity index (χ0v) is 20.4. The Balaban J connectivity index is 2.01. The Morgan fingerprint density at radius 2 is 1.60 bits per heavy atom. The van der Waals surface area contributed by atoms with Crippen molar-refractivity contribution >= 4 is 17.6 Å². The number of nitrogens with zero attached hydrogens (tertiary/aromatic N) is 1. The molecule has 0 aliphatic carbocycles. The predicted octanol–water partition coefficient (Wildman–Crippen LogP) is 6.03. The number of carboxylic acids is 2. The van der Waals surface area contributed by atoms with Crippen LogP contribution in [0.2, 0.25) is 0 Å². The summed E-state index contributed by atoms with van der Waals surface area (Å²) in [4.78, 5) is 25.3. The second-order valence-electron chi connectivity index (χ2n) is 8.71. The third-order valence-corrected chi connectivity index (χ3v) is 6.10. The number of ether oxygens (including phenoxy) is 1. The van der Waals surface area contributed by atoms with Crippen molar-refractivity contribution in [3.63, 3.8) is 0 Å². The van der Waals surface area contributed by atoms with Gasteiger partial charge < -0.3 is 25.0 Å². The van der Waals surface area contributed by atoms with Gasteiger partial charge in [0.25, 0.3) is 0 Å². The molecular formula is C28H31NO6. The number of phenolic OH excluding ortho intramolecular Hbond substituents is 1. The van der Waals surface area contributed by atoms with Crippen molar-refractivity contribution in [2.45, 2.75) is 46.1 Å². The van der Waals surface area contributed by atoms with Crippen LogP contribution in [0.15, 0.2) is 60.7 Å². The molecule has 0 amide bonds. The highest BCUT2D eigenvalue weighted by Crippen LogP contribution is 2.37. The molecule has 2 unspecified atom stereocenters. The van der Waals surface area contributed by atoms with Gasteiger partial charge in [-0.2, -0.15) is 0 Å². The molecule has 0 aliphatic heterocycles. The zero-order chi connectivity index (χ0) is 25.7. The molecule has 0 fully saturated rings. The normalized spacial score (nSPS) is 12.6. The van der Waals surface area contributed by atoms with Gasteiger partial charge >= 0.3 is 11.9 Å². The van der Waals surface area contributed by atoms with E-state index in [-0.39, 0.29) is 11.7 Å². The lowest BCUT2D eigenvalue weighted by molar-refractivity contribution is -0.139. The summed E-state index contributed by atoms with van der Waals surface area (Å²) in [5.74, 6) is -0.735. The Morgan fingerprint density at radius 1 is 0.971 bits per heavy atom. The molecule has 0 saturated carbocycles. The number of aromatic hydroxyl groups is 1. The van der Waals surface area contributed by atoms with Crippen LogP contribution in [0.4, 0.5) is 5.69 Å². The van der Waals surface area contributed by atoms with E-state index in [2.05, 4.69) is 0 Å². The lowest BCUT2D eigenvalue weighted by atomic mass is 9.97. The molecule has 0 spiro atoms. The molecule has 7 heteroatoms. The lowest BCUT2D eigenvalue weighted by Gasteiger charge is -2.30. The van der Waals surface area contributed by atoms with Crippen LogP contribution in [-0.4, -0.2) is 33.8 Å². The number of aliphatic carboxylic acids is 2. The summed E-state index contributed by atoms with van der Waals surface area (Å²) >= 11 is 0. The largest absolute Gasteiger partial charge is 0.508 e. The number of hydrogen-bond acceptors (Lipinski definition) is 5. The highest BCUT2D eigenvalue weighted by atomic mass is 16.5. The number of para-hydroxylation sites is 1. The molecule has 0 radical (unpaired) electrons. The fourth-order valence-electron chi connectivity index (χ4n) is 4.18. The number of anilines is 1. The molecule has 0 heterocycles. The summed E-state index contributed by atoms with van der Waals surface area (Å²) in [5, 5.41) is 29.8. The Kier molecular flexibility index (Phi) is 8.02. The molecular weight excluding hydrogens is 446 g/mol. The smallest absolute Gasteiger partial charge is 0.331 e. The number of benzene rings is 3. The van der Waals surface area contributed by atoms with Crippen LogP contribution in [0.1, 0.15) is 54.5 Å². The highest BCUT2D eigenvalue weighted by Gasteiger charge is 2.30. The van der Waals surface area contributed by atoms with E-state index in [4.69, 9.17) is 4.74 Å². The van der Waals surface area contributed by atoms with Gasteiger partial charge in [0.15, 0.2) is 6.04 Å². The van der Waals surface area contributed by atoms with Gasteiger partial charge in [-0.3, -0.25) is 4.79 Å². The molecule has 3 aromatic carbocycles. The Morgan fingerprint density at radius 3 is 2.14 bits per heavy atom. The van der Waals surface area contributed by atoms with Crippen LogP contribution in [-0.2, 0) is 9.59 Å². The van der Waals surface area contributed by atoms with Crippen LogP contribution in [0.3, 0.4) is 0 Å². The minimum atomic E-state index is -1.20. The van der Waals surface area contributed by atoms with Crippen molar-refractivity contribution in [1.29, 1.82) is 0 Å². The quantitative estimate of drug-likeness (QED) is 0.327. The van der Waals surface area contributed by atoms with Crippen LogP contribution < -0.4 is 9.64 Å². The van der Waals surface area contributed by atoms with Gasteiger partial charge in [0, 0.05) is 11.3 Å². The number of phenols is 1. The topological polar surface area (TPSA) is 107 Å². The minimum absolute atomic E-state index is 0.164. The molecule has 7 nitrogen and oxygen atoms in total. The lowest BCUT2D eigenvalue weighted by Crippen LogP contribution is -2.38. The van der Waals surface area contributed by atoms with Gasteiger partial charge in [0.2, 0.25) is 0 Å². The summed E-state index contributed by atoms with van der Waals surface area (Å²) < 4.78 is 6.17. The van der Waals surface area contributed by atoms with Gasteiger partial charge in [-0.15, -0.1) is 0 Å². The first-order valence-electron chi connectivity index (χ1n) is 11.5. The van der Waals surface area contributed by atoms with Crippen molar-refractivity contribution in [1.82, 2.24) is 0 Å². The summed E-state index contributed by atoms with van der Waals surface area (Å²) in [6.45, 7) is 7.26. The first-order valence-corrected chi connectivity index (χ1v) is 11.5. The van der Waals surface area contributed by atoms with E-state index in [1.165, 1.54) is 4.90 Å². The van der Waals surface area contributed by atoms with Gasteiger partial charge in [-0.05, 0) is 85.3 Å². The second kappa shape index (κ2) is 11.0. The summed E-state index contributed by atoms with van der Waals surface area (Å²) in [6.07, 6.45) is 0.870. The summed E-state index contributed by atoms with van der Waals surface area (Å²) in [5.41, 5.74) is 3.19. The van der Waals surface area contributed by atoms with Crippen molar-refractivity contribution in [3.05, 3.63) is 82.9 Å². The summed E-state index contributed by atoms with van der Waals surface area (Å²) in [6, 6.07) is 16.0. The second-order valence-corrected chi connectivity index (χ2v) is 8.71. The van der Waals surface area contributed by atoms with E-state index in [0.717, 1.165) is 12.0 Å². The van der Waals surface area contributed by atoms with Gasteiger partial charge in [0.05, 0.1) is 0 Å². The van der Waals surface area contributed by atoms with Gasteiger partial charge in [0.1, 0.15) is 23.8 Å². The van der Waals surface area contributed by atoms with E-state index >= 15 is 0 Å². The average molecular weight is 478 g/mol. The van der Waals surface area contributed by atoms with E-state index < -0.39 is 24.5 Å². The number of carbonyl (C=O) groups is 2. The molecule has 0 aromatic heterocycles. The van der Waals surface area contributed by atoms with Crippen LogP contribution >= 0.6 is 0 Å². The van der Waals surface area contributed by atoms with E-state index in [0.29, 0.717) is 33.9 Å². The number of carboxylic acid groups (broad SMARTS) is 2. The van der Waals surface area contributed by atoms with Crippen molar-refractivity contribution in [2.24, 2.45) is 0 Å². The third-order valence-electron chi connectivity index (χ3n) is 6.10. The van der Waals surface area contributed by atoms with E-state index in [1.807, 2.05) is 33.8 Å². The van der Waals surface area contributed by atoms with Crippen LogP contribution in [0, 0.1) is 13.8 Å². The van der Waals surface area contributed by atoms with Crippen molar-refractivity contribution in [2.75, 3.05) is 11.4 Å². The average Bonchev–Trinajstić information content (AvgIpc) is 2.81. The van der Waals surface area contributed by atoms with Crippen molar-refractivity contribution in [3.8, 4) is 17.2 Å². The standard InChI is InChI=1S/C28H31NO6/c1-5-17(2)23-15-22(11-12-24(23)30)35-27-18(3)13-20(14-19(27)4)26(28(33)34)29(16-25(31)32)21-9-7-6-8-10-21/h6-15,17,26,30H,5,16H2,1-4H3,(H,31,32)(H,33,34). The fourth-order valence-corrected chi connectivity index (χ4v) is 4.18. The molecule has 0 aliphatic rings. The molecule has 0 bridgehead atoms. The zero-order valence-electron chi connectivity index (χ0n) is 20.4. The molecule has 3 N–H and O–H groups in total. The highest BCUT2D eigenvalue weighted by molar-refractivity contribution is 5.84. The van der Waals surface area contributed by atoms with E-state index in [1.54, 1.807) is 54.6 Å². The molecule has 0 saturated heterocycles. The van der Waals surface area contributed by atoms with Crippen LogP contribution in [0.25, 0.3) is 0 Å². The maximum atomic E-state index is 12.4. The maximum absolute atomic E-state index is 12.4. The molecule has 3 aromatic rings. The first kappa shape index (κ1) is 25.6. The number of rotatable bonds is 10. The molecule has 2 atom stereocenters.